The molecule has 116 valence electrons. The van der Waals surface area contributed by atoms with Crippen LogP contribution in [0.1, 0.15) is 31.9 Å². The molecule has 1 amide bonds. The van der Waals surface area contributed by atoms with Crippen LogP contribution in [0.25, 0.3) is 0 Å². The highest BCUT2D eigenvalue weighted by atomic mass is 35.5. The lowest BCUT2D eigenvalue weighted by Crippen LogP contribution is -2.39. The van der Waals surface area contributed by atoms with E-state index in [9.17, 15) is 4.79 Å². The Bertz CT molecular complexity index is 615. The van der Waals surface area contributed by atoms with E-state index in [0.29, 0.717) is 17.2 Å². The van der Waals surface area contributed by atoms with Crippen molar-refractivity contribution in [2.75, 3.05) is 0 Å². The Morgan fingerprint density at radius 1 is 1.18 bits per heavy atom. The molecule has 0 heterocycles. The third-order valence-corrected chi connectivity index (χ3v) is 3.63. The zero-order valence-electron chi connectivity index (χ0n) is 12.8. The number of hydrogen-bond acceptors (Lipinski definition) is 2. The second-order valence-electron chi connectivity index (χ2n) is 5.11. The molecule has 2 unspecified atom stereocenters. The molecule has 2 aromatic carbocycles. The van der Waals surface area contributed by atoms with Crippen molar-refractivity contribution in [3.05, 3.63) is 65.2 Å². The molecule has 0 aliphatic rings. The Kier molecular flexibility index (Phi) is 5.84. The van der Waals surface area contributed by atoms with E-state index >= 15 is 0 Å². The lowest BCUT2D eigenvalue weighted by molar-refractivity contribution is -0.128. The minimum absolute atomic E-state index is 0.0642. The molecule has 2 atom stereocenters. The SMILES string of the molecule is CCC(Oc1cccc(Cl)c1)C(=O)NC(C)c1ccccc1. The first-order chi connectivity index (χ1) is 10.6. The van der Waals surface area contributed by atoms with Gasteiger partial charge < -0.3 is 10.1 Å². The van der Waals surface area contributed by atoms with Crippen LogP contribution in [0.4, 0.5) is 0 Å². The molecule has 0 aliphatic heterocycles. The Morgan fingerprint density at radius 3 is 2.55 bits per heavy atom. The summed E-state index contributed by atoms with van der Waals surface area (Å²) < 4.78 is 5.75. The number of benzene rings is 2. The number of ether oxygens (including phenoxy) is 1. The summed E-state index contributed by atoms with van der Waals surface area (Å²) in [6, 6.07) is 16.9. The van der Waals surface area contributed by atoms with E-state index in [1.165, 1.54) is 0 Å². The number of carbonyl (C=O) groups is 1. The molecule has 3 nitrogen and oxygen atoms in total. The fourth-order valence-corrected chi connectivity index (χ4v) is 2.34. The average Bonchev–Trinajstić information content (AvgIpc) is 2.53. The molecule has 2 rings (SSSR count). The second-order valence-corrected chi connectivity index (χ2v) is 5.55. The van der Waals surface area contributed by atoms with Gasteiger partial charge in [0.25, 0.3) is 5.91 Å². The van der Waals surface area contributed by atoms with Crippen molar-refractivity contribution in [3.8, 4) is 5.75 Å². The van der Waals surface area contributed by atoms with Crippen molar-refractivity contribution in [2.24, 2.45) is 0 Å². The van der Waals surface area contributed by atoms with Crippen LogP contribution in [0, 0.1) is 0 Å². The van der Waals surface area contributed by atoms with Crippen LogP contribution in [-0.2, 0) is 4.79 Å². The highest BCUT2D eigenvalue weighted by molar-refractivity contribution is 6.30. The molecular weight excluding hydrogens is 298 g/mol. The standard InChI is InChI=1S/C18H20ClNO2/c1-3-17(22-16-11-7-10-15(19)12-16)18(21)20-13(2)14-8-5-4-6-9-14/h4-13,17H,3H2,1-2H3,(H,20,21). The van der Waals surface area contributed by atoms with Gasteiger partial charge in [0.05, 0.1) is 6.04 Å². The Morgan fingerprint density at radius 2 is 1.91 bits per heavy atom. The summed E-state index contributed by atoms with van der Waals surface area (Å²) in [5, 5.41) is 3.57. The molecule has 1 N–H and O–H groups in total. The molecule has 0 radical (unpaired) electrons. The molecule has 4 heteroatoms. The average molecular weight is 318 g/mol. The summed E-state index contributed by atoms with van der Waals surface area (Å²) in [6.07, 6.45) is 0.0458. The molecule has 0 saturated heterocycles. The van der Waals surface area contributed by atoms with Crippen LogP contribution in [0.2, 0.25) is 5.02 Å². The zero-order valence-corrected chi connectivity index (χ0v) is 13.5. The highest BCUT2D eigenvalue weighted by Crippen LogP contribution is 2.20. The largest absolute Gasteiger partial charge is 0.481 e. The van der Waals surface area contributed by atoms with Gasteiger partial charge in [0.1, 0.15) is 5.75 Å². The maximum absolute atomic E-state index is 12.4. The topological polar surface area (TPSA) is 38.3 Å². The van der Waals surface area contributed by atoms with Crippen LogP contribution >= 0.6 is 11.6 Å². The molecule has 0 bridgehead atoms. The zero-order chi connectivity index (χ0) is 15.9. The fraction of sp³-hybridized carbons (Fsp3) is 0.278. The van der Waals surface area contributed by atoms with Gasteiger partial charge >= 0.3 is 0 Å². The van der Waals surface area contributed by atoms with Crippen LogP contribution in [0.15, 0.2) is 54.6 Å². The first-order valence-corrected chi connectivity index (χ1v) is 7.75. The first-order valence-electron chi connectivity index (χ1n) is 7.37. The van der Waals surface area contributed by atoms with E-state index in [4.69, 9.17) is 16.3 Å². The molecular formula is C18H20ClNO2. The summed E-state index contributed by atoms with van der Waals surface area (Å²) in [6.45, 7) is 3.88. The number of nitrogens with one attached hydrogen (secondary N) is 1. The lowest BCUT2D eigenvalue weighted by Gasteiger charge is -2.21. The third-order valence-electron chi connectivity index (χ3n) is 3.40. The lowest BCUT2D eigenvalue weighted by atomic mass is 10.1. The predicted molar refractivity (Wildman–Crippen MR) is 89.2 cm³/mol. The molecule has 0 spiro atoms. The van der Waals surface area contributed by atoms with Gasteiger partial charge in [-0.25, -0.2) is 0 Å². The fourth-order valence-electron chi connectivity index (χ4n) is 2.16. The Balaban J connectivity index is 2.00. The van der Waals surface area contributed by atoms with E-state index in [1.54, 1.807) is 24.3 Å². The van der Waals surface area contributed by atoms with Crippen LogP contribution in [-0.4, -0.2) is 12.0 Å². The Labute approximate surface area is 136 Å². The van der Waals surface area contributed by atoms with Gasteiger partial charge in [0, 0.05) is 5.02 Å². The maximum Gasteiger partial charge on any atom is 0.261 e. The van der Waals surface area contributed by atoms with Crippen molar-refractivity contribution in [1.82, 2.24) is 5.32 Å². The van der Waals surface area contributed by atoms with Gasteiger partial charge in [-0.15, -0.1) is 0 Å². The van der Waals surface area contributed by atoms with Crippen LogP contribution < -0.4 is 10.1 Å². The van der Waals surface area contributed by atoms with E-state index < -0.39 is 6.10 Å². The number of hydrogen-bond donors (Lipinski definition) is 1. The molecule has 0 aromatic heterocycles. The molecule has 2 aromatic rings. The van der Waals surface area contributed by atoms with E-state index in [0.717, 1.165) is 5.56 Å². The van der Waals surface area contributed by atoms with Gasteiger partial charge in [-0.3, -0.25) is 4.79 Å². The number of carbonyl (C=O) groups excluding carboxylic acids is 1. The summed E-state index contributed by atoms with van der Waals surface area (Å²) in [4.78, 5) is 12.4. The molecule has 0 saturated carbocycles. The smallest absolute Gasteiger partial charge is 0.261 e. The Hall–Kier alpha value is -2.00. The summed E-state index contributed by atoms with van der Waals surface area (Å²) in [5.41, 5.74) is 1.06. The number of rotatable bonds is 6. The normalized spacial score (nSPS) is 13.2. The first kappa shape index (κ1) is 16.4. The molecule has 0 fully saturated rings. The van der Waals surface area contributed by atoms with Crippen LogP contribution in [0.3, 0.4) is 0 Å². The summed E-state index contributed by atoms with van der Waals surface area (Å²) in [5.74, 6) is 0.473. The van der Waals surface area contributed by atoms with Gasteiger partial charge in [-0.2, -0.15) is 0 Å². The van der Waals surface area contributed by atoms with Gasteiger partial charge in [-0.05, 0) is 37.1 Å². The quantitative estimate of drug-likeness (QED) is 0.859. The van der Waals surface area contributed by atoms with E-state index in [2.05, 4.69) is 5.32 Å². The van der Waals surface area contributed by atoms with Gasteiger partial charge in [0.2, 0.25) is 0 Å². The number of halogens is 1. The van der Waals surface area contributed by atoms with Crippen molar-refractivity contribution >= 4 is 17.5 Å². The second kappa shape index (κ2) is 7.85. The number of amides is 1. The maximum atomic E-state index is 12.4. The van der Waals surface area contributed by atoms with Crippen LogP contribution in [0.5, 0.6) is 5.75 Å². The minimum atomic E-state index is -0.537. The van der Waals surface area contributed by atoms with E-state index in [-0.39, 0.29) is 11.9 Å². The van der Waals surface area contributed by atoms with Crippen molar-refractivity contribution in [1.29, 1.82) is 0 Å². The van der Waals surface area contributed by atoms with E-state index in [1.807, 2.05) is 44.2 Å². The highest BCUT2D eigenvalue weighted by Gasteiger charge is 2.20. The summed E-state index contributed by atoms with van der Waals surface area (Å²) in [7, 11) is 0. The molecule has 22 heavy (non-hydrogen) atoms. The van der Waals surface area contributed by atoms with Gasteiger partial charge in [-0.1, -0.05) is 54.9 Å². The minimum Gasteiger partial charge on any atom is -0.481 e. The molecule has 0 aliphatic carbocycles. The third kappa shape index (κ3) is 4.50. The van der Waals surface area contributed by atoms with Gasteiger partial charge in [0.15, 0.2) is 6.10 Å². The monoisotopic (exact) mass is 317 g/mol. The summed E-state index contributed by atoms with van der Waals surface area (Å²) >= 11 is 5.93. The predicted octanol–water partition coefficient (Wildman–Crippen LogP) is 4.37. The van der Waals surface area contributed by atoms with Crippen molar-refractivity contribution in [3.63, 3.8) is 0 Å². The van der Waals surface area contributed by atoms with Crippen molar-refractivity contribution < 1.29 is 9.53 Å². The van der Waals surface area contributed by atoms with Crippen molar-refractivity contribution in [2.45, 2.75) is 32.4 Å².